The molecule has 126 valence electrons. The molecule has 0 saturated heterocycles. The number of esters is 1. The van der Waals surface area contributed by atoms with Gasteiger partial charge >= 0.3 is 5.97 Å². The Morgan fingerprint density at radius 2 is 1.80 bits per heavy atom. The van der Waals surface area contributed by atoms with Gasteiger partial charge in [0.05, 0.1) is 0 Å². The Hall–Kier alpha value is -2.59. The summed E-state index contributed by atoms with van der Waals surface area (Å²) in [5.41, 5.74) is 2.16. The molecule has 0 saturated carbocycles. The fourth-order valence-corrected chi connectivity index (χ4v) is 4.13. The van der Waals surface area contributed by atoms with E-state index < -0.39 is 0 Å². The number of carbonyl (C=O) groups excluding carboxylic acids is 1. The first kappa shape index (κ1) is 15.9. The fraction of sp³-hybridized carbons (Fsp3) is 0.190. The van der Waals surface area contributed by atoms with Crippen LogP contribution in [-0.2, 0) is 24.2 Å². The van der Waals surface area contributed by atoms with Crippen LogP contribution in [0.1, 0.15) is 32.1 Å². The van der Waals surface area contributed by atoms with Gasteiger partial charge in [-0.2, -0.15) is 0 Å². The van der Waals surface area contributed by atoms with E-state index in [9.17, 15) is 4.79 Å². The molecule has 1 aromatic heterocycles. The number of para-hydroxylation sites is 2. The summed E-state index contributed by atoms with van der Waals surface area (Å²) in [5, 5.41) is 0. The smallest absolute Gasteiger partial charge is 0.348 e. The van der Waals surface area contributed by atoms with E-state index >= 15 is 0 Å². The molecule has 4 heteroatoms. The van der Waals surface area contributed by atoms with Crippen LogP contribution in [0.25, 0.3) is 0 Å². The van der Waals surface area contributed by atoms with Gasteiger partial charge in [-0.3, -0.25) is 0 Å². The zero-order chi connectivity index (χ0) is 17.1. The number of fused-ring (bicyclic) bond motifs is 1. The van der Waals surface area contributed by atoms with Crippen LogP contribution in [0.3, 0.4) is 0 Å². The number of hydrogen-bond donors (Lipinski definition) is 0. The number of rotatable bonds is 5. The first-order valence-corrected chi connectivity index (χ1v) is 9.21. The van der Waals surface area contributed by atoms with Gasteiger partial charge in [-0.15, -0.1) is 11.3 Å². The van der Waals surface area contributed by atoms with Crippen LogP contribution in [0.4, 0.5) is 0 Å². The maximum atomic E-state index is 12.3. The van der Waals surface area contributed by atoms with E-state index in [2.05, 4.69) is 0 Å². The molecule has 0 spiro atoms. The van der Waals surface area contributed by atoms with Gasteiger partial charge in [0.15, 0.2) is 0 Å². The van der Waals surface area contributed by atoms with Crippen molar-refractivity contribution in [3.05, 3.63) is 81.5 Å². The molecule has 0 amide bonds. The molecular weight excluding hydrogens is 332 g/mol. The lowest BCUT2D eigenvalue weighted by Crippen LogP contribution is -2.04. The second-order valence-corrected chi connectivity index (χ2v) is 7.15. The predicted octanol–water partition coefficient (Wildman–Crippen LogP) is 5.39. The lowest BCUT2D eigenvalue weighted by atomic mass is 10.2. The highest BCUT2D eigenvalue weighted by Gasteiger charge is 2.19. The maximum absolute atomic E-state index is 12.3. The van der Waals surface area contributed by atoms with Crippen LogP contribution in [0.5, 0.6) is 11.5 Å². The van der Waals surface area contributed by atoms with Crippen LogP contribution >= 0.6 is 11.3 Å². The van der Waals surface area contributed by atoms with Gasteiger partial charge in [0.1, 0.15) is 23.0 Å². The standard InChI is InChI=1S/C21H18O3S/c22-21(20-13-15-8-6-12-19(15)25-20)23-14-16-7-4-5-11-18(16)24-17-9-2-1-3-10-17/h1-5,7,9-11,13H,6,8,12,14H2. The maximum Gasteiger partial charge on any atom is 0.348 e. The topological polar surface area (TPSA) is 35.5 Å². The molecule has 4 rings (SSSR count). The highest BCUT2D eigenvalue weighted by Crippen LogP contribution is 2.31. The number of benzene rings is 2. The van der Waals surface area contributed by atoms with Gasteiger partial charge in [-0.05, 0) is 49.1 Å². The summed E-state index contributed by atoms with van der Waals surface area (Å²) in [5.74, 6) is 1.21. The Kier molecular flexibility index (Phi) is 4.53. The Bertz CT molecular complexity index is 862. The van der Waals surface area contributed by atoms with Crippen molar-refractivity contribution in [2.45, 2.75) is 25.9 Å². The van der Waals surface area contributed by atoms with E-state index in [0.717, 1.165) is 24.2 Å². The van der Waals surface area contributed by atoms with Crippen molar-refractivity contribution in [3.8, 4) is 11.5 Å². The van der Waals surface area contributed by atoms with Crippen LogP contribution in [0.15, 0.2) is 60.7 Å². The van der Waals surface area contributed by atoms with Crippen molar-refractivity contribution in [2.24, 2.45) is 0 Å². The molecular formula is C21H18O3S. The van der Waals surface area contributed by atoms with Crippen molar-refractivity contribution in [2.75, 3.05) is 0 Å². The van der Waals surface area contributed by atoms with Gasteiger partial charge in [-0.1, -0.05) is 36.4 Å². The van der Waals surface area contributed by atoms with E-state index in [0.29, 0.717) is 10.6 Å². The van der Waals surface area contributed by atoms with Crippen LogP contribution in [-0.4, -0.2) is 5.97 Å². The lowest BCUT2D eigenvalue weighted by Gasteiger charge is -2.11. The Morgan fingerprint density at radius 1 is 1.00 bits per heavy atom. The van der Waals surface area contributed by atoms with Gasteiger partial charge < -0.3 is 9.47 Å². The lowest BCUT2D eigenvalue weighted by molar-refractivity contribution is 0.0476. The van der Waals surface area contributed by atoms with Crippen LogP contribution < -0.4 is 4.74 Å². The molecule has 0 fully saturated rings. The van der Waals surface area contributed by atoms with E-state index in [-0.39, 0.29) is 12.6 Å². The van der Waals surface area contributed by atoms with Crippen LogP contribution in [0.2, 0.25) is 0 Å². The van der Waals surface area contributed by atoms with Crippen molar-refractivity contribution in [1.29, 1.82) is 0 Å². The third kappa shape index (κ3) is 3.59. The third-order valence-electron chi connectivity index (χ3n) is 4.25. The molecule has 1 aliphatic carbocycles. The van der Waals surface area contributed by atoms with E-state index in [4.69, 9.17) is 9.47 Å². The van der Waals surface area contributed by atoms with Crippen LogP contribution in [0, 0.1) is 0 Å². The molecule has 0 aliphatic heterocycles. The number of carbonyl (C=O) groups is 1. The molecule has 1 heterocycles. The second kappa shape index (κ2) is 7.11. The monoisotopic (exact) mass is 350 g/mol. The number of aryl methyl sites for hydroxylation is 2. The summed E-state index contributed by atoms with van der Waals surface area (Å²) in [4.78, 5) is 14.4. The second-order valence-electron chi connectivity index (χ2n) is 6.01. The van der Waals surface area contributed by atoms with E-state index in [1.165, 1.54) is 16.9 Å². The minimum atomic E-state index is -0.256. The summed E-state index contributed by atoms with van der Waals surface area (Å²) >= 11 is 1.57. The summed E-state index contributed by atoms with van der Waals surface area (Å²) in [7, 11) is 0. The first-order chi connectivity index (χ1) is 12.3. The predicted molar refractivity (Wildman–Crippen MR) is 98.4 cm³/mol. The molecule has 1 aliphatic rings. The van der Waals surface area contributed by atoms with Gasteiger partial charge in [0.25, 0.3) is 0 Å². The molecule has 2 aromatic carbocycles. The minimum Gasteiger partial charge on any atom is -0.457 e. The average Bonchev–Trinajstić information content (AvgIpc) is 3.24. The van der Waals surface area contributed by atoms with Gasteiger partial charge in [0, 0.05) is 10.4 Å². The SMILES string of the molecule is O=C(OCc1ccccc1Oc1ccccc1)c1cc2c(s1)CCC2. The van der Waals surface area contributed by atoms with Gasteiger partial charge in [0.2, 0.25) is 0 Å². The Labute approximate surface area is 150 Å². The average molecular weight is 350 g/mol. The molecule has 0 atom stereocenters. The Balaban J connectivity index is 1.44. The van der Waals surface area contributed by atoms with Crippen molar-refractivity contribution < 1.29 is 14.3 Å². The number of thiophene rings is 1. The highest BCUT2D eigenvalue weighted by molar-refractivity contribution is 7.14. The number of hydrogen-bond acceptors (Lipinski definition) is 4. The molecule has 0 N–H and O–H groups in total. The quantitative estimate of drug-likeness (QED) is 0.579. The number of ether oxygens (including phenoxy) is 2. The Morgan fingerprint density at radius 3 is 2.64 bits per heavy atom. The summed E-state index contributed by atoms with van der Waals surface area (Å²) in [6.07, 6.45) is 3.36. The zero-order valence-corrected chi connectivity index (χ0v) is 14.6. The highest BCUT2D eigenvalue weighted by atomic mass is 32.1. The normalized spacial score (nSPS) is 12.6. The molecule has 25 heavy (non-hydrogen) atoms. The van der Waals surface area contributed by atoms with E-state index in [1.807, 2.05) is 60.7 Å². The largest absolute Gasteiger partial charge is 0.457 e. The third-order valence-corrected chi connectivity index (χ3v) is 5.47. The molecule has 0 unspecified atom stereocenters. The van der Waals surface area contributed by atoms with E-state index in [1.54, 1.807) is 11.3 Å². The molecule has 0 bridgehead atoms. The minimum absolute atomic E-state index is 0.199. The molecule has 3 nitrogen and oxygen atoms in total. The van der Waals surface area contributed by atoms with Crippen molar-refractivity contribution in [1.82, 2.24) is 0 Å². The zero-order valence-electron chi connectivity index (χ0n) is 13.7. The van der Waals surface area contributed by atoms with Crippen molar-refractivity contribution >= 4 is 17.3 Å². The summed E-state index contributed by atoms with van der Waals surface area (Å²) < 4.78 is 11.4. The summed E-state index contributed by atoms with van der Waals surface area (Å²) in [6.45, 7) is 0.199. The van der Waals surface area contributed by atoms with Gasteiger partial charge in [-0.25, -0.2) is 4.79 Å². The molecule has 3 aromatic rings. The molecule has 0 radical (unpaired) electrons. The van der Waals surface area contributed by atoms with Crippen molar-refractivity contribution in [3.63, 3.8) is 0 Å². The fourth-order valence-electron chi connectivity index (χ4n) is 2.98. The first-order valence-electron chi connectivity index (χ1n) is 8.39. The summed E-state index contributed by atoms with van der Waals surface area (Å²) in [6, 6.07) is 19.2.